The number of amides is 1. The van der Waals surface area contributed by atoms with Gasteiger partial charge >= 0.3 is 0 Å². The Morgan fingerprint density at radius 1 is 1.08 bits per heavy atom. The zero-order valence-corrected chi connectivity index (χ0v) is 15.6. The van der Waals surface area contributed by atoms with Crippen LogP contribution in [-0.2, 0) is 21.2 Å². The maximum Gasteiger partial charge on any atom is 0.236 e. The molecular formula is C19H28N2O3S. The van der Waals surface area contributed by atoms with E-state index in [2.05, 4.69) is 4.90 Å². The monoisotopic (exact) mass is 364 g/mol. The van der Waals surface area contributed by atoms with Gasteiger partial charge in [-0.05, 0) is 24.8 Å². The first kappa shape index (κ1) is 18.4. The summed E-state index contributed by atoms with van der Waals surface area (Å²) in [5.41, 5.74) is 1.12. The van der Waals surface area contributed by atoms with E-state index < -0.39 is 9.84 Å². The van der Waals surface area contributed by atoms with Gasteiger partial charge < -0.3 is 4.90 Å². The summed E-state index contributed by atoms with van der Waals surface area (Å²) in [5.74, 6) is 0.552. The maximum atomic E-state index is 12.8. The molecule has 1 amide bonds. The summed E-state index contributed by atoms with van der Waals surface area (Å²) >= 11 is 0. The molecule has 0 unspecified atom stereocenters. The zero-order valence-electron chi connectivity index (χ0n) is 14.8. The van der Waals surface area contributed by atoms with E-state index in [1.54, 1.807) is 0 Å². The van der Waals surface area contributed by atoms with Crippen LogP contribution in [0.25, 0.3) is 0 Å². The van der Waals surface area contributed by atoms with Gasteiger partial charge in [-0.25, -0.2) is 8.42 Å². The van der Waals surface area contributed by atoms with Crippen molar-refractivity contribution in [1.29, 1.82) is 0 Å². The molecule has 2 aliphatic rings. The van der Waals surface area contributed by atoms with Gasteiger partial charge in [0.15, 0.2) is 9.84 Å². The minimum absolute atomic E-state index is 0.0545. The van der Waals surface area contributed by atoms with Gasteiger partial charge in [-0.15, -0.1) is 0 Å². The van der Waals surface area contributed by atoms with Crippen LogP contribution in [0.15, 0.2) is 30.3 Å². The van der Waals surface area contributed by atoms with Crippen molar-refractivity contribution in [3.63, 3.8) is 0 Å². The van der Waals surface area contributed by atoms with Crippen LogP contribution in [0.2, 0.25) is 0 Å². The lowest BCUT2D eigenvalue weighted by molar-refractivity contribution is -0.133. The van der Waals surface area contributed by atoms with Crippen LogP contribution in [0, 0.1) is 0 Å². The number of rotatable bonds is 5. The number of carbonyl (C=O) groups is 1. The lowest BCUT2D eigenvalue weighted by Gasteiger charge is -2.30. The maximum absolute atomic E-state index is 12.8. The molecule has 2 heterocycles. The Balaban J connectivity index is 1.70. The Hall–Kier alpha value is -1.40. The van der Waals surface area contributed by atoms with E-state index in [4.69, 9.17) is 0 Å². The number of likely N-dealkylation sites (tertiary alicyclic amines) is 1. The number of sulfone groups is 1. The van der Waals surface area contributed by atoms with Crippen LogP contribution in [0.4, 0.5) is 0 Å². The molecule has 2 saturated heterocycles. The number of nitrogens with zero attached hydrogens (tertiary/aromatic N) is 2. The topological polar surface area (TPSA) is 57.7 Å². The number of hydrogen-bond acceptors (Lipinski definition) is 4. The van der Waals surface area contributed by atoms with E-state index in [1.807, 2.05) is 35.2 Å². The Kier molecular flexibility index (Phi) is 6.12. The minimum atomic E-state index is -2.97. The Morgan fingerprint density at radius 3 is 2.36 bits per heavy atom. The van der Waals surface area contributed by atoms with Crippen molar-refractivity contribution in [2.45, 2.75) is 44.7 Å². The van der Waals surface area contributed by atoms with Crippen LogP contribution in [0.1, 0.15) is 37.7 Å². The number of hydrogen-bond donors (Lipinski definition) is 0. The van der Waals surface area contributed by atoms with Crippen LogP contribution >= 0.6 is 0 Å². The minimum Gasteiger partial charge on any atom is -0.342 e. The Morgan fingerprint density at radius 2 is 1.76 bits per heavy atom. The molecule has 0 aliphatic carbocycles. The van der Waals surface area contributed by atoms with Gasteiger partial charge in [-0.2, -0.15) is 0 Å². The van der Waals surface area contributed by atoms with Crippen molar-refractivity contribution < 1.29 is 13.2 Å². The average molecular weight is 365 g/mol. The molecule has 2 fully saturated rings. The molecule has 0 radical (unpaired) electrons. The molecule has 1 aromatic rings. The van der Waals surface area contributed by atoms with E-state index in [9.17, 15) is 13.2 Å². The SMILES string of the molecule is O=C(CN(Cc1ccccc1)[C@@H]1CCS(=O)(=O)C1)N1CCCCCC1. The van der Waals surface area contributed by atoms with Crippen molar-refractivity contribution >= 4 is 15.7 Å². The largest absolute Gasteiger partial charge is 0.342 e. The van der Waals surface area contributed by atoms with Crippen LogP contribution in [0.5, 0.6) is 0 Å². The van der Waals surface area contributed by atoms with Gasteiger partial charge in [0.25, 0.3) is 0 Å². The highest BCUT2D eigenvalue weighted by atomic mass is 32.2. The van der Waals surface area contributed by atoms with Crippen molar-refractivity contribution in [2.24, 2.45) is 0 Å². The summed E-state index contributed by atoms with van der Waals surface area (Å²) in [6.45, 7) is 2.61. The second kappa shape index (κ2) is 8.32. The molecule has 6 heteroatoms. The van der Waals surface area contributed by atoms with Crippen molar-refractivity contribution in [3.05, 3.63) is 35.9 Å². The highest BCUT2D eigenvalue weighted by Crippen LogP contribution is 2.21. The fraction of sp³-hybridized carbons (Fsp3) is 0.632. The second-order valence-electron chi connectivity index (χ2n) is 7.24. The molecule has 0 spiro atoms. The molecule has 0 saturated carbocycles. The second-order valence-corrected chi connectivity index (χ2v) is 9.47. The molecule has 0 aromatic heterocycles. The third-order valence-electron chi connectivity index (χ3n) is 5.25. The zero-order chi connectivity index (χ0) is 17.7. The Bertz CT molecular complexity index is 667. The van der Waals surface area contributed by atoms with Gasteiger partial charge in [0.05, 0.1) is 18.1 Å². The van der Waals surface area contributed by atoms with Crippen molar-refractivity contribution in [3.8, 4) is 0 Å². The summed E-state index contributed by atoms with van der Waals surface area (Å²) < 4.78 is 23.8. The predicted molar refractivity (Wildman–Crippen MR) is 99.0 cm³/mol. The summed E-state index contributed by atoms with van der Waals surface area (Å²) in [6.07, 6.45) is 5.16. The van der Waals surface area contributed by atoms with Crippen LogP contribution < -0.4 is 0 Å². The summed E-state index contributed by atoms with van der Waals surface area (Å²) in [6, 6.07) is 9.95. The first-order valence-corrected chi connectivity index (χ1v) is 11.1. The first-order valence-electron chi connectivity index (χ1n) is 9.30. The number of carbonyl (C=O) groups excluding carboxylic acids is 1. The summed E-state index contributed by atoms with van der Waals surface area (Å²) in [7, 11) is -2.97. The molecule has 138 valence electrons. The highest BCUT2D eigenvalue weighted by molar-refractivity contribution is 7.91. The molecule has 5 nitrogen and oxygen atoms in total. The van der Waals surface area contributed by atoms with Crippen LogP contribution in [0.3, 0.4) is 0 Å². The number of benzene rings is 1. The fourth-order valence-corrected chi connectivity index (χ4v) is 5.55. The summed E-state index contributed by atoms with van der Waals surface area (Å²) in [4.78, 5) is 16.8. The van der Waals surface area contributed by atoms with Crippen LogP contribution in [-0.4, -0.2) is 61.3 Å². The predicted octanol–water partition coefficient (Wildman–Crippen LogP) is 2.08. The molecule has 3 rings (SSSR count). The lowest BCUT2D eigenvalue weighted by atomic mass is 10.1. The quantitative estimate of drug-likeness (QED) is 0.803. The van der Waals surface area contributed by atoms with Gasteiger partial charge in [0.1, 0.15) is 0 Å². The fourth-order valence-electron chi connectivity index (χ4n) is 3.79. The van der Waals surface area contributed by atoms with E-state index >= 15 is 0 Å². The van der Waals surface area contributed by atoms with Gasteiger partial charge in [0.2, 0.25) is 5.91 Å². The molecule has 1 atom stereocenters. The van der Waals surface area contributed by atoms with E-state index in [0.29, 0.717) is 19.5 Å². The van der Waals surface area contributed by atoms with Gasteiger partial charge in [-0.3, -0.25) is 9.69 Å². The average Bonchev–Trinajstić information content (AvgIpc) is 2.80. The molecule has 0 bridgehead atoms. The van der Waals surface area contributed by atoms with Crippen molar-refractivity contribution in [2.75, 3.05) is 31.1 Å². The standard InChI is InChI=1S/C19H28N2O3S/c22-19(20-11-6-1-2-7-12-20)15-21(14-17-8-4-3-5-9-17)18-10-13-25(23,24)16-18/h3-5,8-9,18H,1-2,6-7,10-16H2/t18-/m1/s1. The first-order chi connectivity index (χ1) is 12.0. The van der Waals surface area contributed by atoms with Gasteiger partial charge in [0, 0.05) is 25.7 Å². The van der Waals surface area contributed by atoms with E-state index in [1.165, 1.54) is 12.8 Å². The van der Waals surface area contributed by atoms with Crippen molar-refractivity contribution in [1.82, 2.24) is 9.80 Å². The molecule has 0 N–H and O–H groups in total. The van der Waals surface area contributed by atoms with E-state index in [0.717, 1.165) is 31.5 Å². The molecule has 25 heavy (non-hydrogen) atoms. The Labute approximate surface area is 150 Å². The lowest BCUT2D eigenvalue weighted by Crippen LogP contribution is -2.45. The third kappa shape index (κ3) is 5.28. The molecule has 1 aromatic carbocycles. The smallest absolute Gasteiger partial charge is 0.236 e. The molecular weight excluding hydrogens is 336 g/mol. The summed E-state index contributed by atoms with van der Waals surface area (Å²) in [5, 5.41) is 0. The van der Waals surface area contributed by atoms with Gasteiger partial charge in [-0.1, -0.05) is 43.2 Å². The van der Waals surface area contributed by atoms with E-state index in [-0.39, 0.29) is 23.5 Å². The normalized spacial score (nSPS) is 23.6. The molecule has 2 aliphatic heterocycles. The third-order valence-corrected chi connectivity index (χ3v) is 7.00. The highest BCUT2D eigenvalue weighted by Gasteiger charge is 2.33.